The van der Waals surface area contributed by atoms with Crippen LogP contribution in [0.4, 0.5) is 0 Å². The molecule has 0 amide bonds. The molecule has 0 bridgehead atoms. The van der Waals surface area contributed by atoms with Gasteiger partial charge in [-0.05, 0) is 51.1 Å². The summed E-state index contributed by atoms with van der Waals surface area (Å²) in [6, 6.07) is 4.52. The lowest BCUT2D eigenvalue weighted by Gasteiger charge is -2.21. The first kappa shape index (κ1) is 13.0. The van der Waals surface area contributed by atoms with Gasteiger partial charge in [-0.25, -0.2) is 0 Å². The van der Waals surface area contributed by atoms with Crippen LogP contribution in [0.5, 0.6) is 5.75 Å². The van der Waals surface area contributed by atoms with Crippen molar-refractivity contribution in [1.29, 1.82) is 0 Å². The van der Waals surface area contributed by atoms with Gasteiger partial charge < -0.3 is 15.8 Å². The third-order valence-electron chi connectivity index (χ3n) is 2.87. The van der Waals surface area contributed by atoms with Crippen LogP contribution in [0, 0.1) is 13.8 Å². The second-order valence-electron chi connectivity index (χ2n) is 4.12. The van der Waals surface area contributed by atoms with Gasteiger partial charge in [0.2, 0.25) is 0 Å². The van der Waals surface area contributed by atoms with Crippen molar-refractivity contribution in [3.05, 3.63) is 28.8 Å². The standard InChI is InChI=1S/C13H22N2O/c1-9-7-10(2)13(12(8-9)16-4)11(15-3)5-6-14/h7-8,11,15H,5-6,14H2,1-4H3. The molecule has 0 fully saturated rings. The summed E-state index contributed by atoms with van der Waals surface area (Å²) in [5, 5.41) is 3.29. The number of nitrogens with two attached hydrogens (primary N) is 1. The van der Waals surface area contributed by atoms with E-state index in [2.05, 4.69) is 31.3 Å². The highest BCUT2D eigenvalue weighted by Gasteiger charge is 2.16. The van der Waals surface area contributed by atoms with Crippen molar-refractivity contribution in [3.8, 4) is 5.75 Å². The Bertz CT molecular complexity index is 350. The molecule has 1 rings (SSSR count). The monoisotopic (exact) mass is 222 g/mol. The first-order valence-corrected chi connectivity index (χ1v) is 5.66. The van der Waals surface area contributed by atoms with E-state index in [9.17, 15) is 0 Å². The zero-order chi connectivity index (χ0) is 12.1. The fourth-order valence-corrected chi connectivity index (χ4v) is 2.15. The van der Waals surface area contributed by atoms with Gasteiger partial charge in [-0.3, -0.25) is 0 Å². The molecule has 0 spiro atoms. The number of benzene rings is 1. The molecule has 0 aliphatic carbocycles. The summed E-state index contributed by atoms with van der Waals surface area (Å²) in [7, 11) is 3.67. The Morgan fingerprint density at radius 1 is 1.38 bits per heavy atom. The van der Waals surface area contributed by atoms with Crippen LogP contribution in [0.25, 0.3) is 0 Å². The van der Waals surface area contributed by atoms with Crippen molar-refractivity contribution in [2.45, 2.75) is 26.3 Å². The van der Waals surface area contributed by atoms with Gasteiger partial charge >= 0.3 is 0 Å². The van der Waals surface area contributed by atoms with E-state index in [1.165, 1.54) is 16.7 Å². The molecule has 0 aromatic heterocycles. The molecule has 1 aromatic rings. The highest BCUT2D eigenvalue weighted by molar-refractivity contribution is 5.45. The van der Waals surface area contributed by atoms with Crippen LogP contribution in [-0.4, -0.2) is 20.7 Å². The molecule has 3 N–H and O–H groups in total. The number of hydrogen-bond acceptors (Lipinski definition) is 3. The Labute approximate surface area is 98.0 Å². The highest BCUT2D eigenvalue weighted by Crippen LogP contribution is 2.31. The maximum absolute atomic E-state index is 5.63. The molecule has 0 radical (unpaired) electrons. The van der Waals surface area contributed by atoms with Gasteiger partial charge in [0.15, 0.2) is 0 Å². The number of ether oxygens (including phenoxy) is 1. The molecule has 90 valence electrons. The maximum Gasteiger partial charge on any atom is 0.124 e. The Morgan fingerprint density at radius 2 is 2.06 bits per heavy atom. The zero-order valence-electron chi connectivity index (χ0n) is 10.6. The minimum absolute atomic E-state index is 0.264. The first-order chi connectivity index (χ1) is 7.63. The van der Waals surface area contributed by atoms with Crippen LogP contribution in [0.1, 0.15) is 29.2 Å². The minimum Gasteiger partial charge on any atom is -0.496 e. The quantitative estimate of drug-likeness (QED) is 0.800. The molecule has 1 aromatic carbocycles. The minimum atomic E-state index is 0.264. The number of aryl methyl sites for hydroxylation is 2. The van der Waals surface area contributed by atoms with E-state index in [0.29, 0.717) is 6.54 Å². The molecule has 0 saturated carbocycles. The van der Waals surface area contributed by atoms with Crippen LogP contribution < -0.4 is 15.8 Å². The zero-order valence-corrected chi connectivity index (χ0v) is 10.6. The van der Waals surface area contributed by atoms with Crippen LogP contribution >= 0.6 is 0 Å². The Balaban J connectivity index is 3.18. The second kappa shape index (κ2) is 5.87. The van der Waals surface area contributed by atoms with Gasteiger partial charge in [-0.2, -0.15) is 0 Å². The average molecular weight is 222 g/mol. The van der Waals surface area contributed by atoms with Gasteiger partial charge in [0, 0.05) is 11.6 Å². The van der Waals surface area contributed by atoms with Gasteiger partial charge in [0.25, 0.3) is 0 Å². The summed E-state index contributed by atoms with van der Waals surface area (Å²) in [5.74, 6) is 0.949. The van der Waals surface area contributed by atoms with Crippen molar-refractivity contribution in [2.24, 2.45) is 5.73 Å². The summed E-state index contributed by atoms with van der Waals surface area (Å²) in [6.45, 7) is 4.87. The summed E-state index contributed by atoms with van der Waals surface area (Å²) in [4.78, 5) is 0. The molecule has 1 atom stereocenters. The third-order valence-corrected chi connectivity index (χ3v) is 2.87. The average Bonchev–Trinajstić information content (AvgIpc) is 2.25. The van der Waals surface area contributed by atoms with Crippen molar-refractivity contribution < 1.29 is 4.74 Å². The van der Waals surface area contributed by atoms with Crippen LogP contribution in [-0.2, 0) is 0 Å². The molecule has 3 heteroatoms. The smallest absolute Gasteiger partial charge is 0.124 e. The largest absolute Gasteiger partial charge is 0.496 e. The SMILES string of the molecule is CNC(CCN)c1c(C)cc(C)cc1OC. The molecular formula is C13H22N2O. The summed E-state index contributed by atoms with van der Waals surface area (Å²) in [6.07, 6.45) is 0.913. The van der Waals surface area contributed by atoms with E-state index in [1.807, 2.05) is 7.05 Å². The lowest BCUT2D eigenvalue weighted by molar-refractivity contribution is 0.398. The fourth-order valence-electron chi connectivity index (χ4n) is 2.15. The molecule has 3 nitrogen and oxygen atoms in total. The number of hydrogen-bond donors (Lipinski definition) is 2. The van der Waals surface area contributed by atoms with Gasteiger partial charge in [-0.1, -0.05) is 6.07 Å². The molecule has 1 unspecified atom stereocenters. The molecular weight excluding hydrogens is 200 g/mol. The predicted molar refractivity (Wildman–Crippen MR) is 67.9 cm³/mol. The normalized spacial score (nSPS) is 12.6. The lowest BCUT2D eigenvalue weighted by atomic mass is 9.96. The van der Waals surface area contributed by atoms with Crippen molar-refractivity contribution in [2.75, 3.05) is 20.7 Å². The van der Waals surface area contributed by atoms with Crippen LogP contribution in [0.3, 0.4) is 0 Å². The van der Waals surface area contributed by atoms with Crippen LogP contribution in [0.2, 0.25) is 0 Å². The molecule has 0 aliphatic rings. The van der Waals surface area contributed by atoms with E-state index >= 15 is 0 Å². The first-order valence-electron chi connectivity index (χ1n) is 5.66. The topological polar surface area (TPSA) is 47.3 Å². The lowest BCUT2D eigenvalue weighted by Crippen LogP contribution is -2.21. The molecule has 16 heavy (non-hydrogen) atoms. The Kier molecular flexibility index (Phi) is 4.77. The molecule has 0 aliphatic heterocycles. The molecule has 0 heterocycles. The third kappa shape index (κ3) is 2.74. The van der Waals surface area contributed by atoms with E-state index < -0.39 is 0 Å². The van der Waals surface area contributed by atoms with E-state index in [1.54, 1.807) is 7.11 Å². The second-order valence-corrected chi connectivity index (χ2v) is 4.12. The predicted octanol–water partition coefficient (Wildman–Crippen LogP) is 1.92. The van der Waals surface area contributed by atoms with Crippen molar-refractivity contribution in [1.82, 2.24) is 5.32 Å². The fraction of sp³-hybridized carbons (Fsp3) is 0.538. The number of methoxy groups -OCH3 is 1. The molecule has 0 saturated heterocycles. The summed E-state index contributed by atoms with van der Waals surface area (Å²) < 4.78 is 5.46. The van der Waals surface area contributed by atoms with E-state index in [4.69, 9.17) is 10.5 Å². The van der Waals surface area contributed by atoms with Gasteiger partial charge in [-0.15, -0.1) is 0 Å². The van der Waals surface area contributed by atoms with Crippen LogP contribution in [0.15, 0.2) is 12.1 Å². The maximum atomic E-state index is 5.63. The number of nitrogens with one attached hydrogen (secondary N) is 1. The highest BCUT2D eigenvalue weighted by atomic mass is 16.5. The van der Waals surface area contributed by atoms with Gasteiger partial charge in [0.1, 0.15) is 5.75 Å². The van der Waals surface area contributed by atoms with E-state index in [-0.39, 0.29) is 6.04 Å². The number of rotatable bonds is 5. The Hall–Kier alpha value is -1.06. The Morgan fingerprint density at radius 3 is 2.56 bits per heavy atom. The summed E-state index contributed by atoms with van der Waals surface area (Å²) >= 11 is 0. The summed E-state index contributed by atoms with van der Waals surface area (Å²) in [5.41, 5.74) is 9.33. The van der Waals surface area contributed by atoms with Crippen molar-refractivity contribution >= 4 is 0 Å². The van der Waals surface area contributed by atoms with E-state index in [0.717, 1.165) is 12.2 Å². The van der Waals surface area contributed by atoms with Gasteiger partial charge in [0.05, 0.1) is 7.11 Å². The van der Waals surface area contributed by atoms with Crippen molar-refractivity contribution in [3.63, 3.8) is 0 Å².